The fraction of sp³-hybridized carbons (Fsp3) is 0.111. The highest BCUT2D eigenvalue weighted by molar-refractivity contribution is 8.26. The lowest BCUT2D eigenvalue weighted by Gasteiger charge is -2.16. The van der Waals surface area contributed by atoms with Crippen LogP contribution in [0.4, 0.5) is 0 Å². The summed E-state index contributed by atoms with van der Waals surface area (Å²) >= 11 is 6.43. The van der Waals surface area contributed by atoms with Crippen LogP contribution in [0.1, 0.15) is 23.1 Å². The van der Waals surface area contributed by atoms with E-state index in [1.165, 1.54) is 6.07 Å². The molecule has 2 aliphatic heterocycles. The van der Waals surface area contributed by atoms with Crippen LogP contribution in [-0.4, -0.2) is 41.9 Å². The summed E-state index contributed by atoms with van der Waals surface area (Å²) in [6.45, 7) is -0.0468. The van der Waals surface area contributed by atoms with Gasteiger partial charge in [0.2, 0.25) is 0 Å². The number of aryl methyl sites for hydroxylation is 1. The minimum absolute atomic E-state index is 0.00961. The summed E-state index contributed by atoms with van der Waals surface area (Å²) in [5.74, 6) is 0.0875. The number of nitrogens with zero attached hydrogens (tertiary/aromatic N) is 2. The molecule has 0 spiro atoms. The predicted molar refractivity (Wildman–Crippen MR) is 150 cm³/mol. The van der Waals surface area contributed by atoms with Crippen molar-refractivity contribution in [2.24, 2.45) is 4.40 Å². The second-order valence-electron chi connectivity index (χ2n) is 8.43. The first-order valence-corrected chi connectivity index (χ1v) is 14.2. The molecule has 0 radical (unpaired) electrons. The van der Waals surface area contributed by atoms with Gasteiger partial charge in [-0.05, 0) is 60.1 Å². The van der Waals surface area contributed by atoms with Gasteiger partial charge < -0.3 is 4.74 Å². The average molecular weight is 564 g/mol. The van der Waals surface area contributed by atoms with Gasteiger partial charge in [-0.15, -0.1) is 4.40 Å². The molecule has 5 rings (SSSR count). The van der Waals surface area contributed by atoms with Crippen molar-refractivity contribution in [3.05, 3.63) is 100 Å². The second kappa shape index (κ2) is 10.9. The number of rotatable bonds is 8. The number of hydrazine groups is 1. The highest BCUT2D eigenvalue weighted by Crippen LogP contribution is 2.33. The number of Topliss-reactive ketones (excluding diaryl/α,β-unsaturated/α-hetero) is 1. The van der Waals surface area contributed by atoms with Crippen LogP contribution in [0.5, 0.6) is 5.75 Å². The number of hydrogen-bond donors (Lipinski definition) is 1. The van der Waals surface area contributed by atoms with E-state index in [0.717, 1.165) is 22.3 Å². The maximum Gasteiger partial charge on any atom is 0.285 e. The Balaban J connectivity index is 1.23. The largest absolute Gasteiger partial charge is 0.486 e. The van der Waals surface area contributed by atoms with Crippen molar-refractivity contribution in [1.82, 2.24) is 10.4 Å². The predicted octanol–water partition coefficient (Wildman–Crippen LogP) is 4.12. The molecular weight excluding hydrogens is 543 g/mol. The highest BCUT2D eigenvalue weighted by atomic mass is 32.2. The third-order valence-corrected chi connectivity index (χ3v) is 8.37. The summed E-state index contributed by atoms with van der Waals surface area (Å²) in [6.07, 6.45) is 2.70. The molecule has 0 atom stereocenters. The number of carbonyl (C=O) groups excluding carboxylic acids is 2. The second-order valence-corrected chi connectivity index (χ2v) is 11.7. The molecule has 3 aromatic carbocycles. The third-order valence-electron chi connectivity index (χ3n) is 5.73. The van der Waals surface area contributed by atoms with Crippen LogP contribution in [0.25, 0.3) is 6.08 Å². The van der Waals surface area contributed by atoms with Gasteiger partial charge in [0.15, 0.2) is 15.9 Å². The minimum atomic E-state index is -3.84. The Labute approximate surface area is 229 Å². The molecule has 2 aliphatic rings. The number of thiocarbonyl (C=S) groups is 1. The number of fused-ring (bicyclic) bond motifs is 1. The number of ether oxygens (including phenoxy) is 1. The average Bonchev–Trinajstić information content (AvgIpc) is 3.33. The van der Waals surface area contributed by atoms with Gasteiger partial charge in [-0.1, -0.05) is 66.4 Å². The van der Waals surface area contributed by atoms with Crippen LogP contribution >= 0.6 is 24.0 Å². The maximum atomic E-state index is 13.1. The van der Waals surface area contributed by atoms with Gasteiger partial charge in [0.25, 0.3) is 15.9 Å². The molecule has 2 heterocycles. The number of amidine groups is 1. The van der Waals surface area contributed by atoms with Crippen LogP contribution in [-0.2, 0) is 26.0 Å². The lowest BCUT2D eigenvalue weighted by molar-refractivity contribution is -0.123. The number of amides is 1. The number of benzene rings is 3. The van der Waals surface area contributed by atoms with E-state index in [2.05, 4.69) is 9.82 Å². The van der Waals surface area contributed by atoms with E-state index in [-0.39, 0.29) is 27.4 Å². The van der Waals surface area contributed by atoms with Crippen LogP contribution in [0.15, 0.2) is 93.1 Å². The zero-order valence-electron chi connectivity index (χ0n) is 19.9. The molecule has 0 saturated carbocycles. The van der Waals surface area contributed by atoms with E-state index in [9.17, 15) is 18.0 Å². The van der Waals surface area contributed by atoms with Crippen molar-refractivity contribution < 1.29 is 22.7 Å². The first-order valence-electron chi connectivity index (χ1n) is 11.6. The van der Waals surface area contributed by atoms with Gasteiger partial charge in [0.1, 0.15) is 17.3 Å². The molecule has 0 bridgehead atoms. The van der Waals surface area contributed by atoms with Crippen molar-refractivity contribution in [2.75, 3.05) is 6.61 Å². The molecule has 8 nitrogen and oxygen atoms in total. The lowest BCUT2D eigenvalue weighted by atomic mass is 10.1. The third kappa shape index (κ3) is 5.69. The minimum Gasteiger partial charge on any atom is -0.486 e. The van der Waals surface area contributed by atoms with Crippen molar-refractivity contribution in [1.29, 1.82) is 0 Å². The first kappa shape index (κ1) is 25.8. The van der Waals surface area contributed by atoms with Gasteiger partial charge in [-0.3, -0.25) is 15.0 Å². The lowest BCUT2D eigenvalue weighted by Crippen LogP contribution is -2.44. The molecule has 1 fully saturated rings. The van der Waals surface area contributed by atoms with Crippen molar-refractivity contribution in [3.8, 4) is 5.75 Å². The summed E-state index contributed by atoms with van der Waals surface area (Å²) < 4.78 is 34.3. The molecule has 11 heteroatoms. The molecule has 0 aromatic heterocycles. The SMILES string of the molecule is O=C(CCc1ccccc1)COc1cccc(/C=C2\SC(=S)N(NC3=NS(=O)(=O)c4ccccc43)C2=O)c1. The summed E-state index contributed by atoms with van der Waals surface area (Å²) in [5, 5.41) is 1.11. The maximum absolute atomic E-state index is 13.1. The molecule has 1 saturated heterocycles. The molecule has 38 heavy (non-hydrogen) atoms. The fourth-order valence-corrected chi connectivity index (χ4v) is 6.22. The quantitative estimate of drug-likeness (QED) is 0.322. The molecule has 192 valence electrons. The first-order chi connectivity index (χ1) is 18.3. The Kier molecular flexibility index (Phi) is 7.41. The van der Waals surface area contributed by atoms with Crippen molar-refractivity contribution in [2.45, 2.75) is 17.7 Å². The van der Waals surface area contributed by atoms with Crippen LogP contribution in [0, 0.1) is 0 Å². The molecule has 3 aromatic rings. The molecule has 1 N–H and O–H groups in total. The molecule has 0 aliphatic carbocycles. The van der Waals surface area contributed by atoms with Gasteiger partial charge in [0, 0.05) is 12.0 Å². The van der Waals surface area contributed by atoms with Crippen LogP contribution < -0.4 is 10.2 Å². The summed E-state index contributed by atoms with van der Waals surface area (Å²) in [7, 11) is -3.84. The van der Waals surface area contributed by atoms with E-state index in [0.29, 0.717) is 34.6 Å². The Morgan fingerprint density at radius 3 is 2.63 bits per heavy atom. The smallest absolute Gasteiger partial charge is 0.285 e. The van der Waals surface area contributed by atoms with E-state index >= 15 is 0 Å². The monoisotopic (exact) mass is 563 g/mol. The zero-order valence-corrected chi connectivity index (χ0v) is 22.3. The summed E-state index contributed by atoms with van der Waals surface area (Å²) in [6, 6.07) is 23.2. The van der Waals surface area contributed by atoms with E-state index in [4.69, 9.17) is 17.0 Å². The Bertz CT molecular complexity index is 1600. The standard InChI is InChI=1S/C27H21N3O5S3/c31-20(14-13-18-7-2-1-3-8-18)17-35-21-10-6-9-19(15-21)16-23-26(32)30(27(36)37-23)28-25-22-11-4-5-12-24(22)38(33,34)29-25/h1-12,15-16H,13-14,17H2,(H,28,29)/b23-16-. The van der Waals surface area contributed by atoms with Gasteiger partial charge in [-0.2, -0.15) is 13.4 Å². The fourth-order valence-electron chi connectivity index (χ4n) is 3.87. The van der Waals surface area contributed by atoms with E-state index in [1.54, 1.807) is 48.5 Å². The number of thioether (sulfide) groups is 1. The van der Waals surface area contributed by atoms with Gasteiger partial charge >= 0.3 is 0 Å². The summed E-state index contributed by atoms with van der Waals surface area (Å²) in [4.78, 5) is 25.8. The van der Waals surface area contributed by atoms with Crippen molar-refractivity contribution >= 4 is 61.9 Å². The molecular formula is C27H21N3O5S3. The number of sulfonamides is 1. The number of nitrogens with one attached hydrogen (secondary N) is 1. The van der Waals surface area contributed by atoms with Gasteiger partial charge in [-0.25, -0.2) is 0 Å². The molecule has 1 amide bonds. The number of carbonyl (C=O) groups is 2. The van der Waals surface area contributed by atoms with Crippen LogP contribution in [0.2, 0.25) is 0 Å². The summed E-state index contributed by atoms with van der Waals surface area (Å²) in [5.41, 5.74) is 4.92. The Morgan fingerprint density at radius 2 is 1.82 bits per heavy atom. The van der Waals surface area contributed by atoms with Crippen LogP contribution in [0.3, 0.4) is 0 Å². The highest BCUT2D eigenvalue weighted by Gasteiger charge is 2.36. The molecule has 0 unspecified atom stereocenters. The van der Waals surface area contributed by atoms with E-state index < -0.39 is 15.9 Å². The Hall–Kier alpha value is -3.80. The number of ketones is 1. The van der Waals surface area contributed by atoms with E-state index in [1.807, 2.05) is 30.3 Å². The normalized spacial score (nSPS) is 16.9. The van der Waals surface area contributed by atoms with Crippen molar-refractivity contribution in [3.63, 3.8) is 0 Å². The Morgan fingerprint density at radius 1 is 1.05 bits per heavy atom. The zero-order chi connectivity index (χ0) is 26.7. The number of hydrogen-bond acceptors (Lipinski definition) is 8. The topological polar surface area (TPSA) is 105 Å². The van der Waals surface area contributed by atoms with Gasteiger partial charge in [0.05, 0.1) is 4.91 Å².